The van der Waals surface area contributed by atoms with Crippen LogP contribution in [0.1, 0.15) is 65.7 Å². The summed E-state index contributed by atoms with van der Waals surface area (Å²) >= 11 is 0. The van der Waals surface area contributed by atoms with E-state index in [9.17, 15) is 0 Å². The molecular weight excluding hydrogens is 170 g/mol. The molecule has 0 aromatic rings. The second-order valence-electron chi connectivity index (χ2n) is 5.44. The molecule has 0 heterocycles. The molecule has 1 rings (SSSR count). The van der Waals surface area contributed by atoms with E-state index in [1.807, 2.05) is 0 Å². The topological polar surface area (TPSA) is 12.0 Å². The number of hydrogen-bond donors (Lipinski definition) is 1. The van der Waals surface area contributed by atoms with Crippen molar-refractivity contribution >= 4 is 0 Å². The van der Waals surface area contributed by atoms with Crippen molar-refractivity contribution in [3.05, 3.63) is 0 Å². The van der Waals surface area contributed by atoms with Gasteiger partial charge in [-0.2, -0.15) is 0 Å². The van der Waals surface area contributed by atoms with E-state index in [1.54, 1.807) is 0 Å². The molecule has 1 fully saturated rings. The molecule has 0 aliphatic heterocycles. The standard InChI is InChI=1S/C13H27N/c1-4-5-6-8-12(2)14-11-13(3)9-7-10-13/h12,14H,4-11H2,1-3H3. The molecular formula is C13H27N. The Bertz CT molecular complexity index is 149. The Morgan fingerprint density at radius 1 is 1.29 bits per heavy atom. The highest BCUT2D eigenvalue weighted by Crippen LogP contribution is 2.39. The minimum Gasteiger partial charge on any atom is -0.314 e. The van der Waals surface area contributed by atoms with Gasteiger partial charge in [-0.3, -0.25) is 0 Å². The molecule has 14 heavy (non-hydrogen) atoms. The predicted octanol–water partition coefficient (Wildman–Crippen LogP) is 3.74. The van der Waals surface area contributed by atoms with E-state index in [2.05, 4.69) is 26.1 Å². The minimum atomic E-state index is 0.638. The zero-order valence-corrected chi connectivity index (χ0v) is 10.2. The summed E-state index contributed by atoms with van der Waals surface area (Å²) in [6, 6.07) is 0.721. The van der Waals surface area contributed by atoms with E-state index in [-0.39, 0.29) is 0 Å². The van der Waals surface area contributed by atoms with E-state index >= 15 is 0 Å². The van der Waals surface area contributed by atoms with Gasteiger partial charge in [0.2, 0.25) is 0 Å². The quantitative estimate of drug-likeness (QED) is 0.613. The van der Waals surface area contributed by atoms with Crippen molar-refractivity contribution in [3.8, 4) is 0 Å². The first-order valence-electron chi connectivity index (χ1n) is 6.40. The van der Waals surface area contributed by atoms with Gasteiger partial charge < -0.3 is 5.32 Å². The Morgan fingerprint density at radius 3 is 2.50 bits per heavy atom. The molecule has 0 bridgehead atoms. The fraction of sp³-hybridized carbons (Fsp3) is 1.00. The average molecular weight is 197 g/mol. The maximum Gasteiger partial charge on any atom is 0.00389 e. The Kier molecular flexibility index (Phi) is 4.94. The fourth-order valence-electron chi connectivity index (χ4n) is 2.18. The average Bonchev–Trinajstić information content (AvgIpc) is 2.12. The lowest BCUT2D eigenvalue weighted by Gasteiger charge is -2.39. The van der Waals surface area contributed by atoms with Gasteiger partial charge in [-0.05, 0) is 31.6 Å². The largest absolute Gasteiger partial charge is 0.314 e. The zero-order chi connectivity index (χ0) is 10.4. The summed E-state index contributed by atoms with van der Waals surface area (Å²) in [4.78, 5) is 0. The molecule has 1 nitrogen and oxygen atoms in total. The highest BCUT2D eigenvalue weighted by molar-refractivity contribution is 4.85. The monoisotopic (exact) mass is 197 g/mol. The molecule has 1 unspecified atom stereocenters. The smallest absolute Gasteiger partial charge is 0.00389 e. The van der Waals surface area contributed by atoms with Crippen LogP contribution in [-0.4, -0.2) is 12.6 Å². The second kappa shape index (κ2) is 5.75. The van der Waals surface area contributed by atoms with Gasteiger partial charge in [0, 0.05) is 12.6 Å². The Labute approximate surface area is 89.7 Å². The van der Waals surface area contributed by atoms with Gasteiger partial charge in [0.05, 0.1) is 0 Å². The van der Waals surface area contributed by atoms with Crippen LogP contribution in [-0.2, 0) is 0 Å². The van der Waals surface area contributed by atoms with Gasteiger partial charge in [0.15, 0.2) is 0 Å². The number of unbranched alkanes of at least 4 members (excludes halogenated alkanes) is 2. The van der Waals surface area contributed by atoms with E-state index < -0.39 is 0 Å². The fourth-order valence-corrected chi connectivity index (χ4v) is 2.18. The Hall–Kier alpha value is -0.0400. The normalized spacial score (nSPS) is 21.6. The molecule has 1 aliphatic carbocycles. The van der Waals surface area contributed by atoms with Crippen molar-refractivity contribution < 1.29 is 0 Å². The molecule has 0 amide bonds. The van der Waals surface area contributed by atoms with Gasteiger partial charge in [-0.15, -0.1) is 0 Å². The van der Waals surface area contributed by atoms with Crippen LogP contribution < -0.4 is 5.32 Å². The van der Waals surface area contributed by atoms with Gasteiger partial charge in [-0.25, -0.2) is 0 Å². The third-order valence-corrected chi connectivity index (χ3v) is 3.68. The minimum absolute atomic E-state index is 0.638. The highest BCUT2D eigenvalue weighted by Gasteiger charge is 2.31. The predicted molar refractivity (Wildman–Crippen MR) is 63.6 cm³/mol. The molecule has 1 saturated carbocycles. The SMILES string of the molecule is CCCCCC(C)NCC1(C)CCC1. The van der Waals surface area contributed by atoms with Crippen molar-refractivity contribution in [1.29, 1.82) is 0 Å². The van der Waals surface area contributed by atoms with Gasteiger partial charge in [0.1, 0.15) is 0 Å². The zero-order valence-electron chi connectivity index (χ0n) is 10.2. The maximum absolute atomic E-state index is 3.68. The van der Waals surface area contributed by atoms with E-state index in [4.69, 9.17) is 0 Å². The van der Waals surface area contributed by atoms with Crippen LogP contribution in [0.3, 0.4) is 0 Å². The van der Waals surface area contributed by atoms with Crippen molar-refractivity contribution in [1.82, 2.24) is 5.32 Å². The van der Waals surface area contributed by atoms with Crippen LogP contribution in [0.5, 0.6) is 0 Å². The molecule has 1 N–H and O–H groups in total. The third kappa shape index (κ3) is 4.00. The number of nitrogens with one attached hydrogen (secondary N) is 1. The lowest BCUT2D eigenvalue weighted by atomic mass is 9.70. The number of hydrogen-bond acceptors (Lipinski definition) is 1. The lowest BCUT2D eigenvalue weighted by molar-refractivity contribution is 0.151. The Balaban J connectivity index is 1.99. The Morgan fingerprint density at radius 2 is 2.00 bits per heavy atom. The summed E-state index contributed by atoms with van der Waals surface area (Å²) in [6.07, 6.45) is 9.78. The maximum atomic E-state index is 3.68. The van der Waals surface area contributed by atoms with E-state index in [1.165, 1.54) is 51.5 Å². The molecule has 1 heteroatoms. The second-order valence-corrected chi connectivity index (χ2v) is 5.44. The van der Waals surface area contributed by atoms with Crippen LogP contribution in [0.4, 0.5) is 0 Å². The third-order valence-electron chi connectivity index (χ3n) is 3.68. The summed E-state index contributed by atoms with van der Waals surface area (Å²) in [5.41, 5.74) is 0.638. The van der Waals surface area contributed by atoms with Gasteiger partial charge in [-0.1, -0.05) is 39.5 Å². The first-order chi connectivity index (χ1) is 6.66. The summed E-state index contributed by atoms with van der Waals surface area (Å²) in [5, 5.41) is 3.68. The molecule has 0 aromatic carbocycles. The van der Waals surface area contributed by atoms with Crippen LogP contribution in [0, 0.1) is 5.41 Å². The first-order valence-corrected chi connectivity index (χ1v) is 6.40. The molecule has 1 atom stereocenters. The van der Waals surface area contributed by atoms with Crippen LogP contribution in [0.2, 0.25) is 0 Å². The van der Waals surface area contributed by atoms with Crippen molar-refractivity contribution in [2.45, 2.75) is 71.8 Å². The molecule has 0 spiro atoms. The molecule has 0 radical (unpaired) electrons. The highest BCUT2D eigenvalue weighted by atomic mass is 14.9. The summed E-state index contributed by atoms with van der Waals surface area (Å²) in [6.45, 7) is 8.26. The first kappa shape index (κ1) is 12.0. The van der Waals surface area contributed by atoms with Crippen molar-refractivity contribution in [2.75, 3.05) is 6.54 Å². The number of rotatable bonds is 7. The van der Waals surface area contributed by atoms with Gasteiger partial charge in [0.25, 0.3) is 0 Å². The summed E-state index contributed by atoms with van der Waals surface area (Å²) in [5.74, 6) is 0. The molecule has 0 saturated heterocycles. The summed E-state index contributed by atoms with van der Waals surface area (Å²) in [7, 11) is 0. The van der Waals surface area contributed by atoms with Crippen LogP contribution in [0.15, 0.2) is 0 Å². The van der Waals surface area contributed by atoms with E-state index in [0.717, 1.165) is 6.04 Å². The van der Waals surface area contributed by atoms with Crippen molar-refractivity contribution in [3.63, 3.8) is 0 Å². The summed E-state index contributed by atoms with van der Waals surface area (Å²) < 4.78 is 0. The van der Waals surface area contributed by atoms with Crippen LogP contribution >= 0.6 is 0 Å². The lowest BCUT2D eigenvalue weighted by Crippen LogP contribution is -2.40. The van der Waals surface area contributed by atoms with E-state index in [0.29, 0.717) is 5.41 Å². The van der Waals surface area contributed by atoms with Gasteiger partial charge >= 0.3 is 0 Å². The van der Waals surface area contributed by atoms with Crippen molar-refractivity contribution in [2.24, 2.45) is 5.41 Å². The molecule has 84 valence electrons. The molecule has 1 aliphatic rings. The molecule has 0 aromatic heterocycles. The van der Waals surface area contributed by atoms with Crippen LogP contribution in [0.25, 0.3) is 0 Å².